The summed E-state index contributed by atoms with van der Waals surface area (Å²) in [5.41, 5.74) is 0.972. The fourth-order valence-corrected chi connectivity index (χ4v) is 2.49. The number of aliphatic hydroxyl groups excluding tert-OH is 2. The Bertz CT molecular complexity index is 416. The molecule has 1 aliphatic rings. The Balaban J connectivity index is 2.00. The first kappa shape index (κ1) is 14.9. The Morgan fingerprint density at radius 3 is 2.60 bits per heavy atom. The van der Waals surface area contributed by atoms with Crippen molar-refractivity contribution in [2.45, 2.75) is 37.8 Å². The number of aliphatic hydroxyl groups is 2. The van der Waals surface area contributed by atoms with Crippen LogP contribution in [0.2, 0.25) is 0 Å². The molecule has 0 aliphatic heterocycles. The van der Waals surface area contributed by atoms with Crippen molar-refractivity contribution in [3.63, 3.8) is 0 Å². The lowest BCUT2D eigenvalue weighted by atomic mass is 9.93. The molecule has 1 fully saturated rings. The maximum atomic E-state index is 9.51. The van der Waals surface area contributed by atoms with Gasteiger partial charge in [-0.3, -0.25) is 0 Å². The summed E-state index contributed by atoms with van der Waals surface area (Å²) in [6.07, 6.45) is 3.50. The van der Waals surface area contributed by atoms with Gasteiger partial charge in [0, 0.05) is 17.8 Å². The number of rotatable bonds is 6. The highest BCUT2D eigenvalue weighted by atomic mass is 16.5. The molecule has 0 saturated heterocycles. The summed E-state index contributed by atoms with van der Waals surface area (Å²) in [6.45, 7) is 0.219. The van der Waals surface area contributed by atoms with Gasteiger partial charge in [-0.05, 0) is 37.8 Å². The van der Waals surface area contributed by atoms with Gasteiger partial charge in [0.2, 0.25) is 0 Å². The van der Waals surface area contributed by atoms with Gasteiger partial charge in [-0.15, -0.1) is 0 Å². The average Bonchev–Trinajstić information content (AvgIpc) is 2.47. The molecule has 2 rings (SSSR count). The number of hydrogen-bond donors (Lipinski definition) is 3. The highest BCUT2D eigenvalue weighted by Crippen LogP contribution is 2.31. The van der Waals surface area contributed by atoms with Gasteiger partial charge in [-0.2, -0.15) is 0 Å². The first-order valence-corrected chi connectivity index (χ1v) is 7.09. The molecule has 0 bridgehead atoms. The lowest BCUT2D eigenvalue weighted by Crippen LogP contribution is -2.28. The van der Waals surface area contributed by atoms with Crippen molar-refractivity contribution in [3.05, 3.63) is 18.2 Å². The van der Waals surface area contributed by atoms with E-state index < -0.39 is 0 Å². The van der Waals surface area contributed by atoms with Crippen molar-refractivity contribution < 1.29 is 19.7 Å². The van der Waals surface area contributed by atoms with E-state index in [2.05, 4.69) is 5.32 Å². The molecule has 0 heterocycles. The minimum Gasteiger partial charge on any atom is -0.493 e. The van der Waals surface area contributed by atoms with E-state index in [-0.39, 0.29) is 19.3 Å². The van der Waals surface area contributed by atoms with E-state index >= 15 is 0 Å². The molecule has 0 spiro atoms. The lowest BCUT2D eigenvalue weighted by molar-refractivity contribution is 0.126. The van der Waals surface area contributed by atoms with Crippen LogP contribution in [0.4, 0.5) is 5.69 Å². The van der Waals surface area contributed by atoms with E-state index in [1.807, 2.05) is 18.2 Å². The van der Waals surface area contributed by atoms with Gasteiger partial charge in [0.05, 0.1) is 19.8 Å². The molecule has 1 aromatic rings. The number of anilines is 1. The third-order valence-corrected chi connectivity index (χ3v) is 3.58. The average molecular weight is 281 g/mol. The Labute approximate surface area is 119 Å². The Kier molecular flexibility index (Phi) is 5.49. The van der Waals surface area contributed by atoms with Crippen LogP contribution in [-0.2, 0) is 0 Å². The van der Waals surface area contributed by atoms with E-state index in [1.165, 1.54) is 0 Å². The van der Waals surface area contributed by atoms with Gasteiger partial charge in [0.15, 0.2) is 11.5 Å². The molecule has 0 atom stereocenters. The minimum absolute atomic E-state index is 0.0265. The Morgan fingerprint density at radius 2 is 1.95 bits per heavy atom. The van der Waals surface area contributed by atoms with E-state index in [9.17, 15) is 5.11 Å². The van der Waals surface area contributed by atoms with Crippen LogP contribution in [0.15, 0.2) is 18.2 Å². The standard InChI is InChI=1S/C15H23NO4/c1-19-14-7-4-12(10-15(14)20-9-8-17)16-11-2-5-13(18)6-3-11/h4,7,10-11,13,16-18H,2-3,5-6,8-9H2,1H3. The molecule has 3 N–H and O–H groups in total. The highest BCUT2D eigenvalue weighted by Gasteiger charge is 2.19. The van der Waals surface area contributed by atoms with Crippen LogP contribution in [-0.4, -0.2) is 42.7 Å². The van der Waals surface area contributed by atoms with Crippen LogP contribution in [0.25, 0.3) is 0 Å². The zero-order valence-electron chi connectivity index (χ0n) is 11.8. The predicted octanol–water partition coefficient (Wildman–Crippen LogP) is 1.78. The first-order chi connectivity index (χ1) is 9.72. The minimum atomic E-state index is -0.146. The topological polar surface area (TPSA) is 71.0 Å². The van der Waals surface area contributed by atoms with E-state index in [0.29, 0.717) is 17.5 Å². The second-order valence-electron chi connectivity index (χ2n) is 5.09. The second kappa shape index (κ2) is 7.36. The fourth-order valence-electron chi connectivity index (χ4n) is 2.49. The number of ether oxygens (including phenoxy) is 2. The monoisotopic (exact) mass is 281 g/mol. The molecule has 5 nitrogen and oxygen atoms in total. The van der Waals surface area contributed by atoms with Gasteiger partial charge in [0.25, 0.3) is 0 Å². The van der Waals surface area contributed by atoms with Crippen molar-refractivity contribution in [1.82, 2.24) is 0 Å². The normalized spacial score (nSPS) is 22.4. The zero-order valence-corrected chi connectivity index (χ0v) is 11.8. The van der Waals surface area contributed by atoms with Crippen LogP contribution in [0.5, 0.6) is 11.5 Å². The fraction of sp³-hybridized carbons (Fsp3) is 0.600. The quantitative estimate of drug-likeness (QED) is 0.741. The largest absolute Gasteiger partial charge is 0.493 e. The smallest absolute Gasteiger partial charge is 0.163 e. The molecule has 1 aliphatic carbocycles. The third-order valence-electron chi connectivity index (χ3n) is 3.58. The molecule has 0 unspecified atom stereocenters. The van der Waals surface area contributed by atoms with Crippen molar-refractivity contribution in [3.8, 4) is 11.5 Å². The van der Waals surface area contributed by atoms with E-state index in [0.717, 1.165) is 31.4 Å². The van der Waals surface area contributed by atoms with Crippen molar-refractivity contribution in [1.29, 1.82) is 0 Å². The summed E-state index contributed by atoms with van der Waals surface area (Å²) in [6, 6.07) is 6.08. The van der Waals surface area contributed by atoms with Crippen LogP contribution in [0, 0.1) is 0 Å². The molecule has 5 heteroatoms. The maximum absolute atomic E-state index is 9.51. The third kappa shape index (κ3) is 4.02. The molecule has 20 heavy (non-hydrogen) atoms. The summed E-state index contributed by atoms with van der Waals surface area (Å²) >= 11 is 0. The predicted molar refractivity (Wildman–Crippen MR) is 77.5 cm³/mol. The van der Waals surface area contributed by atoms with Gasteiger partial charge in [-0.1, -0.05) is 0 Å². The lowest BCUT2D eigenvalue weighted by Gasteiger charge is -2.27. The van der Waals surface area contributed by atoms with E-state index in [4.69, 9.17) is 14.6 Å². The van der Waals surface area contributed by atoms with Gasteiger partial charge >= 0.3 is 0 Å². The summed E-state index contributed by atoms with van der Waals surface area (Å²) < 4.78 is 10.7. The SMILES string of the molecule is COc1ccc(NC2CCC(O)CC2)cc1OCCO. The molecular formula is C15H23NO4. The van der Waals surface area contributed by atoms with Gasteiger partial charge < -0.3 is 25.0 Å². The first-order valence-electron chi connectivity index (χ1n) is 7.09. The van der Waals surface area contributed by atoms with Crippen molar-refractivity contribution in [2.24, 2.45) is 0 Å². The molecule has 112 valence electrons. The summed E-state index contributed by atoms with van der Waals surface area (Å²) in [5, 5.41) is 21.8. The van der Waals surface area contributed by atoms with Crippen LogP contribution in [0.1, 0.15) is 25.7 Å². The number of benzene rings is 1. The molecule has 0 amide bonds. The molecule has 1 aromatic carbocycles. The highest BCUT2D eigenvalue weighted by molar-refractivity contribution is 5.55. The van der Waals surface area contributed by atoms with Gasteiger partial charge in [0.1, 0.15) is 6.61 Å². The maximum Gasteiger partial charge on any atom is 0.163 e. The molecule has 0 aromatic heterocycles. The Hall–Kier alpha value is -1.46. The number of methoxy groups -OCH3 is 1. The molecule has 0 radical (unpaired) electrons. The van der Waals surface area contributed by atoms with E-state index in [1.54, 1.807) is 7.11 Å². The van der Waals surface area contributed by atoms with Crippen LogP contribution >= 0.6 is 0 Å². The summed E-state index contributed by atoms with van der Waals surface area (Å²) in [4.78, 5) is 0. The van der Waals surface area contributed by atoms with Gasteiger partial charge in [-0.25, -0.2) is 0 Å². The number of nitrogens with one attached hydrogen (secondary N) is 1. The molecular weight excluding hydrogens is 258 g/mol. The zero-order chi connectivity index (χ0) is 14.4. The second-order valence-corrected chi connectivity index (χ2v) is 5.09. The number of hydrogen-bond acceptors (Lipinski definition) is 5. The molecule has 1 saturated carbocycles. The summed E-state index contributed by atoms with van der Waals surface area (Å²) in [7, 11) is 1.59. The van der Waals surface area contributed by atoms with Crippen LogP contribution in [0.3, 0.4) is 0 Å². The summed E-state index contributed by atoms with van der Waals surface area (Å²) in [5.74, 6) is 1.28. The van der Waals surface area contributed by atoms with Crippen LogP contribution < -0.4 is 14.8 Å². The Morgan fingerprint density at radius 1 is 1.20 bits per heavy atom. The van der Waals surface area contributed by atoms with Crippen molar-refractivity contribution >= 4 is 5.69 Å². The van der Waals surface area contributed by atoms with Crippen molar-refractivity contribution in [2.75, 3.05) is 25.6 Å².